The molecule has 0 spiro atoms. The highest BCUT2D eigenvalue weighted by Gasteiger charge is 2.44. The first-order valence-corrected chi connectivity index (χ1v) is 7.79. The maximum atomic E-state index is 5.42. The Labute approximate surface area is 122 Å². The van der Waals surface area contributed by atoms with E-state index in [1.165, 1.54) is 24.0 Å². The lowest BCUT2D eigenvalue weighted by Crippen LogP contribution is -2.44. The first kappa shape index (κ1) is 14.1. The summed E-state index contributed by atoms with van der Waals surface area (Å²) in [6.45, 7) is 7.71. The summed E-state index contributed by atoms with van der Waals surface area (Å²) < 4.78 is 5.42. The highest BCUT2D eigenvalue weighted by Crippen LogP contribution is 2.48. The number of ether oxygens (including phenoxy) is 1. The zero-order valence-corrected chi connectivity index (χ0v) is 12.7. The number of hydrogen-bond donors (Lipinski definition) is 1. The summed E-state index contributed by atoms with van der Waals surface area (Å²) in [6, 6.07) is 9.70. The molecule has 3 heteroatoms. The zero-order valence-electron chi connectivity index (χ0n) is 12.7. The second kappa shape index (κ2) is 5.84. The Hall–Kier alpha value is -0.900. The topological polar surface area (TPSA) is 24.5 Å². The zero-order chi connectivity index (χ0) is 14.0. The molecule has 3 nitrogen and oxygen atoms in total. The molecule has 110 valence electrons. The van der Waals surface area contributed by atoms with Gasteiger partial charge in [0, 0.05) is 44.7 Å². The first-order chi connectivity index (χ1) is 9.75. The molecule has 1 saturated carbocycles. The lowest BCUT2D eigenvalue weighted by atomic mass is 9.93. The molecule has 1 unspecified atom stereocenters. The van der Waals surface area contributed by atoms with Gasteiger partial charge in [-0.1, -0.05) is 24.3 Å². The fourth-order valence-electron chi connectivity index (χ4n) is 3.35. The van der Waals surface area contributed by atoms with Crippen LogP contribution in [-0.4, -0.2) is 44.8 Å². The van der Waals surface area contributed by atoms with Crippen LogP contribution in [0.25, 0.3) is 0 Å². The van der Waals surface area contributed by atoms with Gasteiger partial charge in [-0.3, -0.25) is 4.90 Å². The molecule has 20 heavy (non-hydrogen) atoms. The maximum Gasteiger partial charge on any atom is 0.0559 e. The molecule has 1 N–H and O–H groups in total. The molecule has 0 amide bonds. The van der Waals surface area contributed by atoms with Crippen molar-refractivity contribution in [2.75, 3.05) is 39.9 Å². The van der Waals surface area contributed by atoms with E-state index in [9.17, 15) is 0 Å². The van der Waals surface area contributed by atoms with Gasteiger partial charge in [0.05, 0.1) is 6.61 Å². The van der Waals surface area contributed by atoms with Crippen LogP contribution in [0.5, 0.6) is 0 Å². The smallest absolute Gasteiger partial charge is 0.0559 e. The average Bonchev–Trinajstić information content (AvgIpc) is 3.29. The molecule has 1 atom stereocenters. The van der Waals surface area contributed by atoms with E-state index in [2.05, 4.69) is 41.4 Å². The van der Waals surface area contributed by atoms with Crippen molar-refractivity contribution in [3.63, 3.8) is 0 Å². The summed E-state index contributed by atoms with van der Waals surface area (Å²) in [6.07, 6.45) is 2.54. The van der Waals surface area contributed by atoms with Crippen LogP contribution in [0.15, 0.2) is 24.3 Å². The molecule has 1 saturated heterocycles. The Balaban J connectivity index is 1.77. The van der Waals surface area contributed by atoms with E-state index in [0.29, 0.717) is 11.5 Å². The van der Waals surface area contributed by atoms with E-state index in [1.54, 1.807) is 0 Å². The number of hydrogen-bond acceptors (Lipinski definition) is 3. The predicted molar refractivity (Wildman–Crippen MR) is 82.1 cm³/mol. The molecule has 1 aliphatic carbocycles. The van der Waals surface area contributed by atoms with Crippen LogP contribution in [0.3, 0.4) is 0 Å². The van der Waals surface area contributed by atoms with Gasteiger partial charge in [0.25, 0.3) is 0 Å². The van der Waals surface area contributed by atoms with Crippen molar-refractivity contribution >= 4 is 0 Å². The first-order valence-electron chi connectivity index (χ1n) is 7.79. The second-order valence-corrected chi connectivity index (χ2v) is 6.30. The minimum Gasteiger partial charge on any atom is -0.384 e. The van der Waals surface area contributed by atoms with Crippen LogP contribution in [0.1, 0.15) is 36.9 Å². The maximum absolute atomic E-state index is 5.42. The van der Waals surface area contributed by atoms with Gasteiger partial charge in [-0.15, -0.1) is 0 Å². The van der Waals surface area contributed by atoms with Crippen molar-refractivity contribution in [1.29, 1.82) is 0 Å². The lowest BCUT2D eigenvalue weighted by Gasteiger charge is -2.33. The minimum atomic E-state index is 0.313. The van der Waals surface area contributed by atoms with Crippen LogP contribution in [0, 0.1) is 0 Å². The summed E-state index contributed by atoms with van der Waals surface area (Å²) in [4.78, 5) is 2.57. The molecule has 1 heterocycles. The highest BCUT2D eigenvalue weighted by molar-refractivity contribution is 5.36. The van der Waals surface area contributed by atoms with Gasteiger partial charge in [0.2, 0.25) is 0 Å². The third kappa shape index (κ3) is 2.76. The van der Waals surface area contributed by atoms with E-state index in [4.69, 9.17) is 4.74 Å². The monoisotopic (exact) mass is 274 g/mol. The van der Waals surface area contributed by atoms with Crippen LogP contribution < -0.4 is 5.32 Å². The van der Waals surface area contributed by atoms with E-state index >= 15 is 0 Å². The van der Waals surface area contributed by atoms with E-state index in [0.717, 1.165) is 32.8 Å². The molecule has 2 fully saturated rings. The number of piperazine rings is 1. The van der Waals surface area contributed by atoms with Gasteiger partial charge in [0.1, 0.15) is 0 Å². The highest BCUT2D eigenvalue weighted by atomic mass is 16.5. The standard InChI is InChI=1S/C17H26N2O/c1-14(19-10-8-18-9-11-19)15-4-3-5-16(12-15)17(6-7-17)13-20-2/h3-5,12,14,18H,6-11,13H2,1-2H3. The van der Waals surface area contributed by atoms with Gasteiger partial charge >= 0.3 is 0 Å². The summed E-state index contributed by atoms with van der Waals surface area (Å²) in [5.41, 5.74) is 3.24. The summed E-state index contributed by atoms with van der Waals surface area (Å²) in [5, 5.41) is 3.43. The van der Waals surface area contributed by atoms with Crippen molar-refractivity contribution in [1.82, 2.24) is 10.2 Å². The Morgan fingerprint density at radius 1 is 1.30 bits per heavy atom. The Morgan fingerprint density at radius 2 is 2.05 bits per heavy atom. The summed E-state index contributed by atoms with van der Waals surface area (Å²) in [5.74, 6) is 0. The van der Waals surface area contributed by atoms with E-state index in [1.807, 2.05) is 7.11 Å². The number of nitrogens with one attached hydrogen (secondary N) is 1. The number of nitrogens with zero attached hydrogens (tertiary/aromatic N) is 1. The van der Waals surface area contributed by atoms with Crippen LogP contribution >= 0.6 is 0 Å². The van der Waals surface area contributed by atoms with Crippen molar-refractivity contribution in [2.24, 2.45) is 0 Å². The van der Waals surface area contributed by atoms with Gasteiger partial charge in [-0.25, -0.2) is 0 Å². The summed E-state index contributed by atoms with van der Waals surface area (Å²) in [7, 11) is 1.81. The van der Waals surface area contributed by atoms with E-state index in [-0.39, 0.29) is 0 Å². The molecule has 2 aliphatic rings. The van der Waals surface area contributed by atoms with E-state index < -0.39 is 0 Å². The van der Waals surface area contributed by atoms with Crippen LogP contribution in [0.2, 0.25) is 0 Å². The lowest BCUT2D eigenvalue weighted by molar-refractivity contribution is 0.170. The van der Waals surface area contributed by atoms with Gasteiger partial charge in [-0.2, -0.15) is 0 Å². The molecule has 0 bridgehead atoms. The Bertz CT molecular complexity index is 450. The fraction of sp³-hybridized carbons (Fsp3) is 0.647. The van der Waals surface area contributed by atoms with Crippen molar-refractivity contribution in [2.45, 2.75) is 31.2 Å². The van der Waals surface area contributed by atoms with Gasteiger partial charge in [0.15, 0.2) is 0 Å². The molecule has 1 aromatic carbocycles. The third-order valence-electron chi connectivity index (χ3n) is 4.95. The number of benzene rings is 1. The molecular formula is C17H26N2O. The quantitative estimate of drug-likeness (QED) is 0.892. The molecule has 3 rings (SSSR count). The van der Waals surface area contributed by atoms with Crippen molar-refractivity contribution in [3.05, 3.63) is 35.4 Å². The Kier molecular flexibility index (Phi) is 4.11. The van der Waals surface area contributed by atoms with Gasteiger partial charge < -0.3 is 10.1 Å². The number of rotatable bonds is 5. The third-order valence-corrected chi connectivity index (χ3v) is 4.95. The van der Waals surface area contributed by atoms with Crippen LogP contribution in [0.4, 0.5) is 0 Å². The number of methoxy groups -OCH3 is 1. The molecule has 0 radical (unpaired) electrons. The minimum absolute atomic E-state index is 0.313. The second-order valence-electron chi connectivity index (χ2n) is 6.30. The Morgan fingerprint density at radius 3 is 2.70 bits per heavy atom. The van der Waals surface area contributed by atoms with Crippen LogP contribution in [-0.2, 0) is 10.2 Å². The predicted octanol–water partition coefficient (Wildman–Crippen LogP) is 2.33. The SMILES string of the molecule is COCC1(c2cccc(C(C)N3CCNCC3)c2)CC1. The normalized spacial score (nSPS) is 23.5. The molecule has 0 aromatic heterocycles. The average molecular weight is 274 g/mol. The largest absolute Gasteiger partial charge is 0.384 e. The van der Waals surface area contributed by atoms with Gasteiger partial charge in [-0.05, 0) is 30.9 Å². The fourth-order valence-corrected chi connectivity index (χ4v) is 3.35. The van der Waals surface area contributed by atoms with Crippen molar-refractivity contribution in [3.8, 4) is 0 Å². The summed E-state index contributed by atoms with van der Waals surface area (Å²) >= 11 is 0. The molecular weight excluding hydrogens is 248 g/mol. The molecule has 1 aromatic rings. The van der Waals surface area contributed by atoms with Crippen molar-refractivity contribution < 1.29 is 4.74 Å². The molecule has 1 aliphatic heterocycles.